The molecule has 3 unspecified atom stereocenters. The minimum atomic E-state index is -1.21. The number of nitrogens with zero attached hydrogens (tertiary/aromatic N) is 1. The lowest BCUT2D eigenvalue weighted by Gasteiger charge is -2.23. The van der Waals surface area contributed by atoms with Crippen molar-refractivity contribution in [1.29, 1.82) is 0 Å². The van der Waals surface area contributed by atoms with Crippen LogP contribution in [-0.4, -0.2) is 56.7 Å². The first-order valence-corrected chi connectivity index (χ1v) is 13.1. The standard InChI is InChI=1S/C25H28FN3O5S/c1-14(29-12-17(5-4-10-27)34-25(29)32)18-6-3-7-19-21(23(24(30)31)28-22(18)19)15-8-9-16(13-35(2)33)20(26)11-15/h3,6-9,11,14,17,28H,4-5,10,12-13,27H2,1-2H3,(H,30,31). The van der Waals surface area contributed by atoms with Crippen LogP contribution in [0.1, 0.15) is 47.4 Å². The molecular formula is C25H28FN3O5S. The van der Waals surface area contributed by atoms with Crippen LogP contribution in [0.4, 0.5) is 9.18 Å². The lowest BCUT2D eigenvalue weighted by atomic mass is 9.97. The zero-order valence-corrected chi connectivity index (χ0v) is 20.4. The van der Waals surface area contributed by atoms with Gasteiger partial charge in [0.25, 0.3) is 0 Å². The Labute approximate surface area is 204 Å². The van der Waals surface area contributed by atoms with Gasteiger partial charge in [0, 0.05) is 33.6 Å². The number of hydrogen-bond donors (Lipinski definition) is 3. The Morgan fingerprint density at radius 3 is 2.80 bits per heavy atom. The number of aromatic nitrogens is 1. The number of hydrogen-bond acceptors (Lipinski definition) is 5. The second kappa shape index (κ2) is 10.2. The number of aromatic carboxylic acids is 1. The maximum Gasteiger partial charge on any atom is 0.410 e. The largest absolute Gasteiger partial charge is 0.477 e. The molecule has 4 rings (SSSR count). The Morgan fingerprint density at radius 1 is 1.37 bits per heavy atom. The molecule has 35 heavy (non-hydrogen) atoms. The van der Waals surface area contributed by atoms with Crippen LogP contribution >= 0.6 is 0 Å². The number of carboxylic acids is 1. The third-order valence-electron chi connectivity index (χ3n) is 6.33. The number of rotatable bonds is 9. The monoisotopic (exact) mass is 501 g/mol. The number of carbonyl (C=O) groups excluding carboxylic acids is 1. The maximum atomic E-state index is 14.8. The number of carboxylic acid groups (broad SMARTS) is 1. The molecule has 3 aromatic rings. The van der Waals surface area contributed by atoms with Gasteiger partial charge in [0.1, 0.15) is 17.6 Å². The number of halogens is 1. The second-order valence-corrected chi connectivity index (χ2v) is 10.2. The molecule has 2 heterocycles. The Morgan fingerprint density at radius 2 is 2.14 bits per heavy atom. The number of carbonyl (C=O) groups is 2. The van der Waals surface area contributed by atoms with E-state index in [2.05, 4.69) is 4.98 Å². The Kier molecular flexibility index (Phi) is 7.23. The fourth-order valence-corrected chi connectivity index (χ4v) is 5.28. The topological polar surface area (TPSA) is 126 Å². The van der Waals surface area contributed by atoms with Crippen LogP contribution in [-0.2, 0) is 21.3 Å². The molecule has 3 atom stereocenters. The zero-order valence-electron chi connectivity index (χ0n) is 19.5. The third-order valence-corrected chi connectivity index (χ3v) is 7.05. The van der Waals surface area contributed by atoms with Crippen molar-refractivity contribution in [3.8, 4) is 11.1 Å². The van der Waals surface area contributed by atoms with Gasteiger partial charge in [0.2, 0.25) is 0 Å². The molecule has 1 aromatic heterocycles. The van der Waals surface area contributed by atoms with Crippen LogP contribution in [0, 0.1) is 5.82 Å². The summed E-state index contributed by atoms with van der Waals surface area (Å²) in [5, 5.41) is 10.5. The normalized spacial score (nSPS) is 17.5. The highest BCUT2D eigenvalue weighted by Crippen LogP contribution is 2.38. The van der Waals surface area contributed by atoms with E-state index in [1.54, 1.807) is 23.1 Å². The van der Waals surface area contributed by atoms with E-state index in [0.717, 1.165) is 12.0 Å². The van der Waals surface area contributed by atoms with E-state index < -0.39 is 28.7 Å². The average Bonchev–Trinajstić information content (AvgIpc) is 3.39. The Balaban J connectivity index is 1.76. The number of nitrogens with two attached hydrogens (primary N) is 1. The van der Waals surface area contributed by atoms with Crippen molar-refractivity contribution in [2.75, 3.05) is 19.3 Å². The predicted molar refractivity (Wildman–Crippen MR) is 132 cm³/mol. The number of ether oxygens (including phenoxy) is 1. The van der Waals surface area contributed by atoms with E-state index in [9.17, 15) is 23.3 Å². The number of fused-ring (bicyclic) bond motifs is 1. The van der Waals surface area contributed by atoms with Gasteiger partial charge in [-0.2, -0.15) is 0 Å². The molecular weight excluding hydrogens is 473 g/mol. The zero-order chi connectivity index (χ0) is 25.3. The first kappa shape index (κ1) is 24.9. The summed E-state index contributed by atoms with van der Waals surface area (Å²) in [6, 6.07) is 9.44. The summed E-state index contributed by atoms with van der Waals surface area (Å²) < 4.78 is 31.8. The van der Waals surface area contributed by atoms with Gasteiger partial charge in [-0.25, -0.2) is 14.0 Å². The Bertz CT molecular complexity index is 1310. The van der Waals surface area contributed by atoms with Gasteiger partial charge in [0.15, 0.2) is 0 Å². The maximum absolute atomic E-state index is 14.8. The summed E-state index contributed by atoms with van der Waals surface area (Å²) in [6.07, 6.45) is 2.27. The fraction of sp³-hybridized carbons (Fsp3) is 0.360. The van der Waals surface area contributed by atoms with Crippen LogP contribution in [0.25, 0.3) is 22.0 Å². The van der Waals surface area contributed by atoms with Crippen LogP contribution in [0.5, 0.6) is 0 Å². The van der Waals surface area contributed by atoms with E-state index >= 15 is 0 Å². The number of para-hydroxylation sites is 1. The van der Waals surface area contributed by atoms with Gasteiger partial charge in [0.05, 0.1) is 23.9 Å². The number of cyclic esters (lactones) is 1. The van der Waals surface area contributed by atoms with E-state index in [0.29, 0.717) is 47.1 Å². The molecule has 1 fully saturated rings. The van der Waals surface area contributed by atoms with Gasteiger partial charge >= 0.3 is 12.1 Å². The predicted octanol–water partition coefficient (Wildman–Crippen LogP) is 4.17. The van der Waals surface area contributed by atoms with Crippen LogP contribution in [0.3, 0.4) is 0 Å². The van der Waals surface area contributed by atoms with E-state index in [1.807, 2.05) is 13.0 Å². The summed E-state index contributed by atoms with van der Waals surface area (Å²) in [5.41, 5.74) is 7.84. The van der Waals surface area contributed by atoms with Crippen molar-refractivity contribution in [3.63, 3.8) is 0 Å². The first-order chi connectivity index (χ1) is 16.7. The van der Waals surface area contributed by atoms with Crippen molar-refractivity contribution >= 4 is 33.8 Å². The van der Waals surface area contributed by atoms with Crippen molar-refractivity contribution in [2.24, 2.45) is 5.73 Å². The van der Waals surface area contributed by atoms with Crippen LogP contribution in [0.2, 0.25) is 0 Å². The first-order valence-electron chi connectivity index (χ1n) is 11.3. The van der Waals surface area contributed by atoms with Crippen LogP contribution in [0.15, 0.2) is 36.4 Å². The minimum Gasteiger partial charge on any atom is -0.477 e. The summed E-state index contributed by atoms with van der Waals surface area (Å²) in [6.45, 7) is 2.80. The summed E-state index contributed by atoms with van der Waals surface area (Å²) >= 11 is 0. The van der Waals surface area contributed by atoms with E-state index in [1.165, 1.54) is 18.4 Å². The molecule has 2 aromatic carbocycles. The molecule has 0 aliphatic carbocycles. The molecule has 10 heteroatoms. The molecule has 8 nitrogen and oxygen atoms in total. The van der Waals surface area contributed by atoms with Crippen molar-refractivity contribution < 1.29 is 28.0 Å². The highest BCUT2D eigenvalue weighted by Gasteiger charge is 2.35. The summed E-state index contributed by atoms with van der Waals surface area (Å²) in [5.74, 6) is -1.65. The van der Waals surface area contributed by atoms with Crippen molar-refractivity contribution in [1.82, 2.24) is 9.88 Å². The van der Waals surface area contributed by atoms with Gasteiger partial charge in [-0.05, 0) is 43.5 Å². The van der Waals surface area contributed by atoms with Crippen molar-refractivity contribution in [2.45, 2.75) is 37.7 Å². The lowest BCUT2D eigenvalue weighted by Crippen LogP contribution is -2.28. The Hall–Kier alpha value is -3.24. The molecule has 1 amide bonds. The summed E-state index contributed by atoms with van der Waals surface area (Å²) in [4.78, 5) is 29.3. The number of H-pyrrole nitrogens is 1. The third kappa shape index (κ3) is 4.94. The molecule has 0 bridgehead atoms. The lowest BCUT2D eigenvalue weighted by molar-refractivity contribution is 0.0692. The molecule has 186 valence electrons. The van der Waals surface area contributed by atoms with Gasteiger partial charge in [-0.15, -0.1) is 0 Å². The number of benzene rings is 2. The van der Waals surface area contributed by atoms with E-state index in [4.69, 9.17) is 10.5 Å². The second-order valence-electron chi connectivity index (χ2n) is 8.74. The summed E-state index contributed by atoms with van der Waals surface area (Å²) in [7, 11) is -1.21. The van der Waals surface area contributed by atoms with Gasteiger partial charge in [-0.3, -0.25) is 9.11 Å². The van der Waals surface area contributed by atoms with E-state index in [-0.39, 0.29) is 23.6 Å². The van der Waals surface area contributed by atoms with Crippen LogP contribution < -0.4 is 5.73 Å². The smallest absolute Gasteiger partial charge is 0.410 e. The highest BCUT2D eigenvalue weighted by atomic mass is 32.2. The number of aromatic amines is 1. The molecule has 0 spiro atoms. The van der Waals surface area contributed by atoms with Crippen molar-refractivity contribution in [3.05, 3.63) is 59.0 Å². The van der Waals surface area contributed by atoms with Gasteiger partial charge in [-0.1, -0.05) is 30.3 Å². The molecule has 1 aliphatic heterocycles. The molecule has 0 radical (unpaired) electrons. The molecule has 0 saturated carbocycles. The van der Waals surface area contributed by atoms with Gasteiger partial charge < -0.3 is 20.6 Å². The fourth-order valence-electron chi connectivity index (χ4n) is 4.61. The molecule has 1 aliphatic rings. The SMILES string of the molecule is CC(c1cccc2c(-c3ccc(CS(C)=O)c(F)c3)c(C(=O)O)[nH]c12)N1CC(CCCN)OC1=O. The number of nitrogens with one attached hydrogen (secondary N) is 1. The minimum absolute atomic E-state index is 0.0734. The number of amides is 1. The molecule has 1 saturated heterocycles. The molecule has 4 N–H and O–H groups in total. The average molecular weight is 502 g/mol. The quantitative estimate of drug-likeness (QED) is 0.404. The highest BCUT2D eigenvalue weighted by molar-refractivity contribution is 7.83.